The van der Waals surface area contributed by atoms with Crippen molar-refractivity contribution in [3.63, 3.8) is 0 Å². The van der Waals surface area contributed by atoms with E-state index in [-0.39, 0.29) is 24.0 Å². The molecule has 1 aliphatic heterocycles. The van der Waals surface area contributed by atoms with Crippen LogP contribution in [0.1, 0.15) is 40.7 Å². The summed E-state index contributed by atoms with van der Waals surface area (Å²) >= 11 is 0. The molecule has 196 valence electrons. The first kappa shape index (κ1) is 28.0. The number of carbonyl (C=O) groups is 2. The van der Waals surface area contributed by atoms with E-state index in [0.29, 0.717) is 57.6 Å². The normalized spacial score (nSPS) is 15.8. The number of hydrogen-bond acceptors (Lipinski definition) is 5. The average molecular weight is 518 g/mol. The maximum Gasteiger partial charge on any atom is 0.325 e. The number of aryl methyl sites for hydroxylation is 1. The van der Waals surface area contributed by atoms with Crippen molar-refractivity contribution >= 4 is 19.4 Å². The van der Waals surface area contributed by atoms with Gasteiger partial charge >= 0.3 is 7.60 Å². The largest absolute Gasteiger partial charge is 0.378 e. The smallest absolute Gasteiger partial charge is 0.325 e. The van der Waals surface area contributed by atoms with Crippen LogP contribution in [-0.2, 0) is 26.9 Å². The van der Waals surface area contributed by atoms with Crippen molar-refractivity contribution in [1.82, 2.24) is 10.2 Å². The SMILES string of the molecule is N[C@@H](Cc1ccc(C(=O)N2CCOCC2)cc1)C(=O)NC(CCCP(=O)(O)O)CCc1ccccc1. The Hall–Kier alpha value is -2.55. The summed E-state index contributed by atoms with van der Waals surface area (Å²) in [6, 6.07) is 16.0. The number of nitrogens with zero attached hydrogens (tertiary/aromatic N) is 1. The molecule has 1 unspecified atom stereocenters. The van der Waals surface area contributed by atoms with Crippen LogP contribution < -0.4 is 11.1 Å². The summed E-state index contributed by atoms with van der Waals surface area (Å²) < 4.78 is 16.5. The number of nitrogens with one attached hydrogen (secondary N) is 1. The lowest BCUT2D eigenvalue weighted by Gasteiger charge is -2.27. The summed E-state index contributed by atoms with van der Waals surface area (Å²) in [5.41, 5.74) is 8.75. The third-order valence-corrected chi connectivity index (χ3v) is 7.16. The second kappa shape index (κ2) is 13.7. The molecule has 2 aromatic rings. The van der Waals surface area contributed by atoms with Crippen LogP contribution in [0, 0.1) is 0 Å². The van der Waals surface area contributed by atoms with E-state index in [1.54, 1.807) is 17.0 Å². The molecular formula is C26H36N3O6P. The molecule has 1 aliphatic rings. The van der Waals surface area contributed by atoms with Crippen LogP contribution in [0.4, 0.5) is 0 Å². The molecule has 1 saturated heterocycles. The van der Waals surface area contributed by atoms with Gasteiger partial charge in [0.05, 0.1) is 19.3 Å². The van der Waals surface area contributed by atoms with E-state index in [2.05, 4.69) is 5.32 Å². The molecule has 0 saturated carbocycles. The summed E-state index contributed by atoms with van der Waals surface area (Å²) in [5.74, 6) is -0.346. The Balaban J connectivity index is 1.54. The van der Waals surface area contributed by atoms with Gasteiger partial charge in [-0.3, -0.25) is 14.2 Å². The predicted octanol–water partition coefficient (Wildman–Crippen LogP) is 2.10. The number of ether oxygens (including phenoxy) is 1. The summed E-state index contributed by atoms with van der Waals surface area (Å²) in [5, 5.41) is 2.98. The van der Waals surface area contributed by atoms with Gasteiger partial charge in [-0.2, -0.15) is 0 Å². The number of morpholine rings is 1. The zero-order valence-electron chi connectivity index (χ0n) is 20.4. The third-order valence-electron chi connectivity index (χ3n) is 6.26. The zero-order chi connectivity index (χ0) is 26.0. The molecule has 0 bridgehead atoms. The average Bonchev–Trinajstić information content (AvgIpc) is 2.87. The highest BCUT2D eigenvalue weighted by atomic mass is 31.2. The van der Waals surface area contributed by atoms with Gasteiger partial charge in [-0.25, -0.2) is 0 Å². The molecule has 3 rings (SSSR count). The minimum Gasteiger partial charge on any atom is -0.378 e. The Labute approximate surface area is 212 Å². The van der Waals surface area contributed by atoms with Crippen LogP contribution in [0.25, 0.3) is 0 Å². The Morgan fingerprint density at radius 3 is 2.31 bits per heavy atom. The molecule has 10 heteroatoms. The molecule has 0 spiro atoms. The van der Waals surface area contributed by atoms with Crippen molar-refractivity contribution in [1.29, 1.82) is 0 Å². The number of rotatable bonds is 12. The highest BCUT2D eigenvalue weighted by Crippen LogP contribution is 2.35. The van der Waals surface area contributed by atoms with Crippen LogP contribution >= 0.6 is 7.60 Å². The van der Waals surface area contributed by atoms with E-state index in [0.717, 1.165) is 17.5 Å². The van der Waals surface area contributed by atoms with Crippen molar-refractivity contribution in [2.75, 3.05) is 32.5 Å². The third kappa shape index (κ3) is 9.48. The van der Waals surface area contributed by atoms with E-state index in [1.807, 2.05) is 42.5 Å². The Bertz CT molecular complexity index is 1020. The van der Waals surface area contributed by atoms with E-state index >= 15 is 0 Å². The molecule has 5 N–H and O–H groups in total. The Morgan fingerprint density at radius 2 is 1.67 bits per heavy atom. The highest BCUT2D eigenvalue weighted by molar-refractivity contribution is 7.51. The predicted molar refractivity (Wildman–Crippen MR) is 138 cm³/mol. The monoisotopic (exact) mass is 517 g/mol. The van der Waals surface area contributed by atoms with Gasteiger partial charge in [0.25, 0.3) is 5.91 Å². The summed E-state index contributed by atoms with van der Waals surface area (Å²) in [4.78, 5) is 45.6. The Kier molecular flexibility index (Phi) is 10.6. The minimum atomic E-state index is -4.09. The lowest BCUT2D eigenvalue weighted by Crippen LogP contribution is -2.46. The molecule has 2 atom stereocenters. The molecule has 2 amide bonds. The number of amides is 2. The lowest BCUT2D eigenvalue weighted by atomic mass is 10.00. The summed E-state index contributed by atoms with van der Waals surface area (Å²) in [7, 11) is -4.09. The molecule has 36 heavy (non-hydrogen) atoms. The van der Waals surface area contributed by atoms with Crippen molar-refractivity contribution in [3.8, 4) is 0 Å². The first-order valence-electron chi connectivity index (χ1n) is 12.3. The fourth-order valence-corrected chi connectivity index (χ4v) is 4.80. The molecular weight excluding hydrogens is 481 g/mol. The van der Waals surface area contributed by atoms with Crippen LogP contribution in [0.2, 0.25) is 0 Å². The van der Waals surface area contributed by atoms with E-state index in [9.17, 15) is 23.9 Å². The fraction of sp³-hybridized carbons (Fsp3) is 0.462. The summed E-state index contributed by atoms with van der Waals surface area (Å²) in [6.45, 7) is 2.23. The van der Waals surface area contributed by atoms with Crippen molar-refractivity contribution in [2.24, 2.45) is 5.73 Å². The first-order valence-corrected chi connectivity index (χ1v) is 14.1. The van der Waals surface area contributed by atoms with E-state index in [1.165, 1.54) is 0 Å². The molecule has 9 nitrogen and oxygen atoms in total. The maximum atomic E-state index is 12.8. The van der Waals surface area contributed by atoms with Gasteiger partial charge in [0.1, 0.15) is 0 Å². The standard InChI is InChI=1S/C26H36N3O6P/c27-24(19-21-8-11-22(12-9-21)26(31)29-14-16-35-17-15-29)25(30)28-23(7-4-18-36(32,33)34)13-10-20-5-2-1-3-6-20/h1-3,5-6,8-9,11-12,23-24H,4,7,10,13-19,27H2,(H,28,30)(H2,32,33,34)/t23?,24-/m0/s1. The van der Waals surface area contributed by atoms with E-state index in [4.69, 9.17) is 10.5 Å². The van der Waals surface area contributed by atoms with Gasteiger partial charge in [-0.15, -0.1) is 0 Å². The van der Waals surface area contributed by atoms with Crippen LogP contribution in [0.3, 0.4) is 0 Å². The van der Waals surface area contributed by atoms with E-state index < -0.39 is 13.6 Å². The maximum absolute atomic E-state index is 12.8. The van der Waals surface area contributed by atoms with Gasteiger partial charge < -0.3 is 30.5 Å². The van der Waals surface area contributed by atoms with Gasteiger partial charge in [-0.1, -0.05) is 42.5 Å². The van der Waals surface area contributed by atoms with Gasteiger partial charge in [0.15, 0.2) is 0 Å². The number of carbonyl (C=O) groups excluding carboxylic acids is 2. The Morgan fingerprint density at radius 1 is 1.00 bits per heavy atom. The highest BCUT2D eigenvalue weighted by Gasteiger charge is 2.22. The fourth-order valence-electron chi connectivity index (χ4n) is 4.21. The lowest BCUT2D eigenvalue weighted by molar-refractivity contribution is -0.123. The number of benzene rings is 2. The second-order valence-electron chi connectivity index (χ2n) is 9.17. The molecule has 1 fully saturated rings. The number of nitrogens with two attached hydrogens (primary N) is 1. The van der Waals surface area contributed by atoms with Crippen molar-refractivity contribution in [2.45, 2.75) is 44.2 Å². The van der Waals surface area contributed by atoms with Crippen molar-refractivity contribution < 1.29 is 28.7 Å². The molecule has 1 heterocycles. The quantitative estimate of drug-likeness (QED) is 0.316. The van der Waals surface area contributed by atoms with Crippen LogP contribution in [0.5, 0.6) is 0 Å². The molecule has 0 radical (unpaired) electrons. The summed E-state index contributed by atoms with van der Waals surface area (Å²) in [6.07, 6.45) is 2.22. The first-order chi connectivity index (χ1) is 17.2. The zero-order valence-corrected chi connectivity index (χ0v) is 21.3. The second-order valence-corrected chi connectivity index (χ2v) is 10.9. The number of hydrogen-bond donors (Lipinski definition) is 4. The van der Waals surface area contributed by atoms with Gasteiger partial charge in [0, 0.05) is 30.9 Å². The topological polar surface area (TPSA) is 142 Å². The van der Waals surface area contributed by atoms with Gasteiger partial charge in [0.2, 0.25) is 5.91 Å². The molecule has 0 aliphatic carbocycles. The van der Waals surface area contributed by atoms with Crippen LogP contribution in [0.15, 0.2) is 54.6 Å². The minimum absolute atomic E-state index is 0.0385. The molecule has 0 aromatic heterocycles. The van der Waals surface area contributed by atoms with Crippen molar-refractivity contribution in [3.05, 3.63) is 71.3 Å². The molecule has 2 aromatic carbocycles. The van der Waals surface area contributed by atoms with Gasteiger partial charge in [-0.05, 0) is 55.4 Å². The van der Waals surface area contributed by atoms with Crippen LogP contribution in [-0.4, -0.2) is 71.0 Å².